The van der Waals surface area contributed by atoms with Crippen LogP contribution in [0, 0.1) is 5.92 Å². The van der Waals surface area contributed by atoms with Gasteiger partial charge in [0.25, 0.3) is 5.56 Å². The fourth-order valence-corrected chi connectivity index (χ4v) is 3.08. The lowest BCUT2D eigenvalue weighted by Gasteiger charge is -2.07. The lowest BCUT2D eigenvalue weighted by Crippen LogP contribution is -2.15. The number of fused-ring (bicyclic) bond motifs is 2. The Labute approximate surface area is 158 Å². The van der Waals surface area contributed by atoms with E-state index in [-0.39, 0.29) is 17.4 Å². The standard InChI is InChI=1S/C19H16N6O3/c1-28-11-4-5-16-23-17(24-25(16)9-11)13-7-21-19(27)14-8-20-15(6-12(13)14)22-18(26)10-2-3-10/h4-10H,2-3H2,1H3,(H,21,27)(H,20,22,26). The Morgan fingerprint density at radius 2 is 2.18 bits per heavy atom. The molecule has 2 N–H and O–H groups in total. The largest absolute Gasteiger partial charge is 0.495 e. The van der Waals surface area contributed by atoms with Gasteiger partial charge < -0.3 is 15.0 Å². The first kappa shape index (κ1) is 16.4. The van der Waals surface area contributed by atoms with Crippen LogP contribution in [-0.2, 0) is 4.79 Å². The molecule has 0 unspecified atom stereocenters. The molecule has 4 heterocycles. The van der Waals surface area contributed by atoms with Gasteiger partial charge in [-0.25, -0.2) is 14.5 Å². The average molecular weight is 376 g/mol. The zero-order valence-electron chi connectivity index (χ0n) is 15.0. The molecule has 4 aromatic rings. The first-order valence-electron chi connectivity index (χ1n) is 8.85. The molecule has 9 nitrogen and oxygen atoms in total. The Morgan fingerprint density at radius 3 is 2.96 bits per heavy atom. The van der Waals surface area contributed by atoms with Crippen LogP contribution in [-0.4, -0.2) is 37.6 Å². The van der Waals surface area contributed by atoms with Gasteiger partial charge in [0.2, 0.25) is 5.91 Å². The van der Waals surface area contributed by atoms with Crippen molar-refractivity contribution in [1.29, 1.82) is 0 Å². The van der Waals surface area contributed by atoms with E-state index in [4.69, 9.17) is 4.74 Å². The van der Waals surface area contributed by atoms with Gasteiger partial charge in [0.05, 0.1) is 18.7 Å². The molecule has 9 heteroatoms. The Bertz CT molecular complexity index is 1290. The second-order valence-corrected chi connectivity index (χ2v) is 6.72. The Hall–Kier alpha value is -3.75. The maximum Gasteiger partial charge on any atom is 0.257 e. The number of ether oxygens (including phenoxy) is 1. The summed E-state index contributed by atoms with van der Waals surface area (Å²) >= 11 is 0. The van der Waals surface area contributed by atoms with E-state index in [1.165, 1.54) is 6.20 Å². The van der Waals surface area contributed by atoms with E-state index in [1.807, 2.05) is 0 Å². The molecule has 1 saturated carbocycles. The van der Waals surface area contributed by atoms with Crippen molar-refractivity contribution >= 4 is 28.1 Å². The molecule has 0 radical (unpaired) electrons. The minimum Gasteiger partial charge on any atom is -0.495 e. The molecular formula is C19H16N6O3. The molecule has 140 valence electrons. The first-order valence-corrected chi connectivity index (χ1v) is 8.85. The third kappa shape index (κ3) is 2.77. The van der Waals surface area contributed by atoms with Gasteiger partial charge in [-0.15, -0.1) is 5.10 Å². The van der Waals surface area contributed by atoms with E-state index in [1.54, 1.807) is 42.2 Å². The van der Waals surface area contributed by atoms with Gasteiger partial charge in [-0.1, -0.05) is 0 Å². The molecule has 0 aliphatic heterocycles. The highest BCUT2D eigenvalue weighted by molar-refractivity contribution is 5.98. The summed E-state index contributed by atoms with van der Waals surface area (Å²) in [6.07, 6.45) is 6.56. The van der Waals surface area contributed by atoms with E-state index in [9.17, 15) is 9.59 Å². The molecule has 0 spiro atoms. The lowest BCUT2D eigenvalue weighted by atomic mass is 10.1. The minimum absolute atomic E-state index is 0.0452. The number of carbonyl (C=O) groups is 1. The van der Waals surface area contributed by atoms with Crippen LogP contribution in [0.25, 0.3) is 27.8 Å². The fraction of sp³-hybridized carbons (Fsp3) is 0.211. The number of amides is 1. The minimum atomic E-state index is -0.267. The van der Waals surface area contributed by atoms with Crippen LogP contribution in [0.3, 0.4) is 0 Å². The van der Waals surface area contributed by atoms with Crippen molar-refractivity contribution in [2.24, 2.45) is 5.92 Å². The smallest absolute Gasteiger partial charge is 0.257 e. The van der Waals surface area contributed by atoms with Crippen LogP contribution in [0.5, 0.6) is 5.75 Å². The highest BCUT2D eigenvalue weighted by atomic mass is 16.5. The van der Waals surface area contributed by atoms with Crippen molar-refractivity contribution in [3.63, 3.8) is 0 Å². The maximum atomic E-state index is 12.2. The lowest BCUT2D eigenvalue weighted by molar-refractivity contribution is -0.117. The highest BCUT2D eigenvalue weighted by Gasteiger charge is 2.29. The van der Waals surface area contributed by atoms with E-state index in [0.29, 0.717) is 39.4 Å². The number of carbonyl (C=O) groups excluding carboxylic acids is 1. The van der Waals surface area contributed by atoms with Gasteiger partial charge in [-0.05, 0) is 31.0 Å². The molecule has 4 aromatic heterocycles. The third-order valence-corrected chi connectivity index (χ3v) is 4.77. The molecule has 0 bridgehead atoms. The van der Waals surface area contributed by atoms with Crippen LogP contribution < -0.4 is 15.6 Å². The molecule has 0 saturated heterocycles. The summed E-state index contributed by atoms with van der Waals surface area (Å²) in [5, 5.41) is 8.33. The van der Waals surface area contributed by atoms with Gasteiger partial charge in [0, 0.05) is 29.3 Å². The molecule has 1 aliphatic rings. The molecule has 0 aromatic carbocycles. The molecule has 1 aliphatic carbocycles. The van der Waals surface area contributed by atoms with Crippen molar-refractivity contribution in [2.45, 2.75) is 12.8 Å². The molecule has 1 amide bonds. The first-order chi connectivity index (χ1) is 13.6. The van der Waals surface area contributed by atoms with E-state index < -0.39 is 0 Å². The predicted molar refractivity (Wildman–Crippen MR) is 102 cm³/mol. The number of methoxy groups -OCH3 is 1. The average Bonchev–Trinajstić information content (AvgIpc) is 3.47. The summed E-state index contributed by atoms with van der Waals surface area (Å²) in [4.78, 5) is 35.7. The van der Waals surface area contributed by atoms with E-state index >= 15 is 0 Å². The predicted octanol–water partition coefficient (Wildman–Crippen LogP) is 1.99. The number of aromatic nitrogens is 5. The number of pyridine rings is 3. The quantitative estimate of drug-likeness (QED) is 0.563. The van der Waals surface area contributed by atoms with E-state index in [0.717, 1.165) is 12.8 Å². The Morgan fingerprint density at radius 1 is 1.32 bits per heavy atom. The summed E-state index contributed by atoms with van der Waals surface area (Å²) in [6, 6.07) is 5.28. The van der Waals surface area contributed by atoms with Crippen molar-refractivity contribution < 1.29 is 9.53 Å². The van der Waals surface area contributed by atoms with Gasteiger partial charge in [-0.3, -0.25) is 9.59 Å². The maximum absolute atomic E-state index is 12.2. The number of anilines is 1. The molecule has 28 heavy (non-hydrogen) atoms. The van der Waals surface area contributed by atoms with Crippen molar-refractivity contribution in [1.82, 2.24) is 24.6 Å². The molecule has 1 fully saturated rings. The van der Waals surface area contributed by atoms with Gasteiger partial charge in [0.15, 0.2) is 11.5 Å². The summed E-state index contributed by atoms with van der Waals surface area (Å²) in [5.41, 5.74) is 1.02. The van der Waals surface area contributed by atoms with Crippen LogP contribution in [0.15, 0.2) is 41.6 Å². The Kier molecular flexibility index (Phi) is 3.61. The van der Waals surface area contributed by atoms with Gasteiger partial charge in [0.1, 0.15) is 11.6 Å². The number of hydrogen-bond donors (Lipinski definition) is 2. The third-order valence-electron chi connectivity index (χ3n) is 4.77. The summed E-state index contributed by atoms with van der Waals surface area (Å²) in [6.45, 7) is 0. The number of aromatic amines is 1. The van der Waals surface area contributed by atoms with Crippen LogP contribution in [0.2, 0.25) is 0 Å². The van der Waals surface area contributed by atoms with Gasteiger partial charge >= 0.3 is 0 Å². The van der Waals surface area contributed by atoms with Crippen molar-refractivity contribution in [2.75, 3.05) is 12.4 Å². The number of H-pyrrole nitrogens is 1. The van der Waals surface area contributed by atoms with Crippen molar-refractivity contribution in [3.05, 3.63) is 47.1 Å². The second kappa shape index (κ2) is 6.15. The zero-order valence-corrected chi connectivity index (χ0v) is 15.0. The second-order valence-electron chi connectivity index (χ2n) is 6.72. The summed E-state index contributed by atoms with van der Waals surface area (Å²) in [7, 11) is 1.58. The Balaban J connectivity index is 1.64. The number of nitrogens with one attached hydrogen (secondary N) is 2. The monoisotopic (exact) mass is 376 g/mol. The topological polar surface area (TPSA) is 114 Å². The zero-order chi connectivity index (χ0) is 19.3. The van der Waals surface area contributed by atoms with Crippen LogP contribution >= 0.6 is 0 Å². The summed E-state index contributed by atoms with van der Waals surface area (Å²) in [5.74, 6) is 1.52. The molecular weight excluding hydrogens is 360 g/mol. The number of hydrogen-bond acceptors (Lipinski definition) is 6. The fourth-order valence-electron chi connectivity index (χ4n) is 3.08. The van der Waals surface area contributed by atoms with E-state index in [2.05, 4.69) is 25.4 Å². The van der Waals surface area contributed by atoms with Crippen LogP contribution in [0.4, 0.5) is 5.82 Å². The number of nitrogens with zero attached hydrogens (tertiary/aromatic N) is 4. The normalized spacial score (nSPS) is 13.8. The SMILES string of the molecule is COc1ccc2nc(-c3c[nH]c(=O)c4cnc(NC(=O)C5CC5)cc34)nn2c1. The van der Waals surface area contributed by atoms with Crippen LogP contribution in [0.1, 0.15) is 12.8 Å². The highest BCUT2D eigenvalue weighted by Crippen LogP contribution is 2.31. The summed E-state index contributed by atoms with van der Waals surface area (Å²) < 4.78 is 6.83. The van der Waals surface area contributed by atoms with Gasteiger partial charge in [-0.2, -0.15) is 0 Å². The van der Waals surface area contributed by atoms with Crippen molar-refractivity contribution in [3.8, 4) is 17.1 Å². The number of rotatable bonds is 4. The molecule has 0 atom stereocenters. The molecule has 5 rings (SSSR count).